The fourth-order valence-corrected chi connectivity index (χ4v) is 1.63. The third-order valence-electron chi connectivity index (χ3n) is 2.68. The average Bonchev–Trinajstić information content (AvgIpc) is 2.92. The number of nitrogens with one attached hydrogen (secondary N) is 1. The van der Waals surface area contributed by atoms with Gasteiger partial charge in [0, 0.05) is 33.7 Å². The number of hydrogen-bond acceptors (Lipinski definition) is 5. The molecule has 2 amide bonds. The highest BCUT2D eigenvalue weighted by molar-refractivity contribution is 5.93. The molecular formula is C13H20N2O5. The molecule has 0 fully saturated rings. The summed E-state index contributed by atoms with van der Waals surface area (Å²) in [6.07, 6.45) is 2.20. The first kappa shape index (κ1) is 16.2. The van der Waals surface area contributed by atoms with E-state index in [0.29, 0.717) is 5.56 Å². The highest BCUT2D eigenvalue weighted by Crippen LogP contribution is 1.99. The number of furan rings is 1. The SMILES string of the molecule is COCC(O)CN(C)C(=O)CCNC(=O)c1ccoc1. The van der Waals surface area contributed by atoms with Gasteiger partial charge >= 0.3 is 0 Å². The van der Waals surface area contributed by atoms with Crippen molar-refractivity contribution in [2.75, 3.05) is 33.9 Å². The molecule has 0 aromatic carbocycles. The number of carbonyl (C=O) groups excluding carboxylic acids is 2. The molecular weight excluding hydrogens is 264 g/mol. The molecule has 7 nitrogen and oxygen atoms in total. The van der Waals surface area contributed by atoms with Crippen LogP contribution in [-0.4, -0.2) is 61.8 Å². The number of carbonyl (C=O) groups is 2. The van der Waals surface area contributed by atoms with Gasteiger partial charge in [0.15, 0.2) is 0 Å². The van der Waals surface area contributed by atoms with Crippen LogP contribution < -0.4 is 5.32 Å². The number of ether oxygens (including phenoxy) is 1. The zero-order valence-corrected chi connectivity index (χ0v) is 11.7. The summed E-state index contributed by atoms with van der Waals surface area (Å²) in [4.78, 5) is 24.7. The van der Waals surface area contributed by atoms with E-state index in [4.69, 9.17) is 9.15 Å². The fourth-order valence-electron chi connectivity index (χ4n) is 1.63. The van der Waals surface area contributed by atoms with E-state index in [1.165, 1.54) is 24.5 Å². The molecule has 0 saturated carbocycles. The van der Waals surface area contributed by atoms with Gasteiger partial charge in [-0.3, -0.25) is 9.59 Å². The van der Waals surface area contributed by atoms with E-state index in [-0.39, 0.29) is 37.9 Å². The van der Waals surface area contributed by atoms with Gasteiger partial charge in [0.05, 0.1) is 24.5 Å². The molecule has 1 unspecified atom stereocenters. The molecule has 1 atom stereocenters. The van der Waals surface area contributed by atoms with E-state index < -0.39 is 6.10 Å². The Bertz CT molecular complexity index is 418. The van der Waals surface area contributed by atoms with Crippen molar-refractivity contribution in [2.45, 2.75) is 12.5 Å². The second-order valence-electron chi connectivity index (χ2n) is 4.40. The van der Waals surface area contributed by atoms with Crippen molar-refractivity contribution in [3.8, 4) is 0 Å². The van der Waals surface area contributed by atoms with Gasteiger partial charge in [-0.15, -0.1) is 0 Å². The monoisotopic (exact) mass is 284 g/mol. The third kappa shape index (κ3) is 5.41. The first-order chi connectivity index (χ1) is 9.54. The molecule has 0 spiro atoms. The molecule has 20 heavy (non-hydrogen) atoms. The first-order valence-corrected chi connectivity index (χ1v) is 6.26. The Kier molecular flexibility index (Phi) is 6.75. The number of amides is 2. The predicted octanol–water partition coefficient (Wildman–Crippen LogP) is -0.135. The van der Waals surface area contributed by atoms with Crippen molar-refractivity contribution >= 4 is 11.8 Å². The van der Waals surface area contributed by atoms with Crippen molar-refractivity contribution in [2.24, 2.45) is 0 Å². The summed E-state index contributed by atoms with van der Waals surface area (Å²) >= 11 is 0. The molecule has 1 heterocycles. The van der Waals surface area contributed by atoms with Crippen LogP contribution in [0.4, 0.5) is 0 Å². The zero-order chi connectivity index (χ0) is 15.0. The molecule has 1 aromatic rings. The summed E-state index contributed by atoms with van der Waals surface area (Å²) in [5.74, 6) is -0.443. The molecule has 0 aliphatic heterocycles. The second kappa shape index (κ2) is 8.34. The molecule has 0 aliphatic carbocycles. The lowest BCUT2D eigenvalue weighted by Crippen LogP contribution is -2.38. The molecule has 1 aromatic heterocycles. The minimum absolute atomic E-state index is 0.160. The van der Waals surface area contributed by atoms with Crippen LogP contribution in [0.3, 0.4) is 0 Å². The van der Waals surface area contributed by atoms with Crippen molar-refractivity contribution in [1.29, 1.82) is 0 Å². The van der Waals surface area contributed by atoms with Gasteiger partial charge in [-0.25, -0.2) is 0 Å². The van der Waals surface area contributed by atoms with E-state index in [1.54, 1.807) is 13.1 Å². The van der Waals surface area contributed by atoms with E-state index in [1.807, 2.05) is 0 Å². The Morgan fingerprint density at radius 2 is 2.30 bits per heavy atom. The summed E-state index contributed by atoms with van der Waals surface area (Å²) in [6.45, 7) is 0.602. The van der Waals surface area contributed by atoms with Crippen LogP contribution in [0.5, 0.6) is 0 Å². The second-order valence-corrected chi connectivity index (χ2v) is 4.40. The number of aliphatic hydroxyl groups is 1. The van der Waals surface area contributed by atoms with E-state index in [2.05, 4.69) is 5.32 Å². The Hall–Kier alpha value is -1.86. The zero-order valence-electron chi connectivity index (χ0n) is 11.7. The number of hydrogen-bond donors (Lipinski definition) is 2. The van der Waals surface area contributed by atoms with Crippen molar-refractivity contribution < 1.29 is 23.8 Å². The maximum atomic E-state index is 11.8. The average molecular weight is 284 g/mol. The highest BCUT2D eigenvalue weighted by Gasteiger charge is 2.14. The lowest BCUT2D eigenvalue weighted by atomic mass is 10.3. The predicted molar refractivity (Wildman–Crippen MR) is 71.2 cm³/mol. The van der Waals surface area contributed by atoms with Gasteiger partial charge in [0.25, 0.3) is 5.91 Å². The quantitative estimate of drug-likeness (QED) is 0.693. The van der Waals surface area contributed by atoms with E-state index in [0.717, 1.165) is 0 Å². The first-order valence-electron chi connectivity index (χ1n) is 6.26. The number of likely N-dealkylation sites (N-methyl/N-ethyl adjacent to an activating group) is 1. The molecule has 2 N–H and O–H groups in total. The van der Waals surface area contributed by atoms with Gasteiger partial charge in [-0.1, -0.05) is 0 Å². The van der Waals surface area contributed by atoms with Crippen molar-refractivity contribution in [3.63, 3.8) is 0 Å². The van der Waals surface area contributed by atoms with Crippen LogP contribution in [0.2, 0.25) is 0 Å². The molecule has 7 heteroatoms. The van der Waals surface area contributed by atoms with Crippen LogP contribution in [0.25, 0.3) is 0 Å². The Labute approximate surface area is 117 Å². The molecule has 112 valence electrons. The largest absolute Gasteiger partial charge is 0.472 e. The summed E-state index contributed by atoms with van der Waals surface area (Å²) in [5, 5.41) is 12.1. The van der Waals surface area contributed by atoms with Gasteiger partial charge in [0.2, 0.25) is 5.91 Å². The van der Waals surface area contributed by atoms with E-state index in [9.17, 15) is 14.7 Å². The van der Waals surface area contributed by atoms with E-state index >= 15 is 0 Å². The van der Waals surface area contributed by atoms with Gasteiger partial charge in [-0.05, 0) is 6.07 Å². The standard InChI is InChI=1S/C13H20N2O5/c1-15(7-11(16)9-19-2)12(17)3-5-14-13(18)10-4-6-20-8-10/h4,6,8,11,16H,3,5,7,9H2,1-2H3,(H,14,18). The summed E-state index contributed by atoms with van der Waals surface area (Å²) in [5.41, 5.74) is 0.418. The topological polar surface area (TPSA) is 92.0 Å². The molecule has 0 aliphatic rings. The lowest BCUT2D eigenvalue weighted by Gasteiger charge is -2.20. The molecule has 0 radical (unpaired) electrons. The fraction of sp³-hybridized carbons (Fsp3) is 0.538. The number of nitrogens with zero attached hydrogens (tertiary/aromatic N) is 1. The number of methoxy groups -OCH3 is 1. The number of rotatable bonds is 8. The van der Waals surface area contributed by atoms with Crippen molar-refractivity contribution in [1.82, 2.24) is 10.2 Å². The Morgan fingerprint density at radius 3 is 2.90 bits per heavy atom. The summed E-state index contributed by atoms with van der Waals surface area (Å²) in [6, 6.07) is 1.55. The molecule has 0 saturated heterocycles. The Balaban J connectivity index is 2.24. The van der Waals surface area contributed by atoms with Crippen LogP contribution in [0, 0.1) is 0 Å². The lowest BCUT2D eigenvalue weighted by molar-refractivity contribution is -0.131. The maximum Gasteiger partial charge on any atom is 0.254 e. The third-order valence-corrected chi connectivity index (χ3v) is 2.68. The van der Waals surface area contributed by atoms with Crippen LogP contribution in [-0.2, 0) is 9.53 Å². The maximum absolute atomic E-state index is 11.8. The molecule has 1 rings (SSSR count). The summed E-state index contributed by atoms with van der Waals surface area (Å²) in [7, 11) is 3.08. The summed E-state index contributed by atoms with van der Waals surface area (Å²) < 4.78 is 9.58. The number of aliphatic hydroxyl groups excluding tert-OH is 1. The minimum Gasteiger partial charge on any atom is -0.472 e. The Morgan fingerprint density at radius 1 is 1.55 bits per heavy atom. The minimum atomic E-state index is -0.713. The van der Waals surface area contributed by atoms with Crippen LogP contribution >= 0.6 is 0 Å². The van der Waals surface area contributed by atoms with Gasteiger partial charge < -0.3 is 24.5 Å². The van der Waals surface area contributed by atoms with Crippen LogP contribution in [0.15, 0.2) is 23.0 Å². The highest BCUT2D eigenvalue weighted by atomic mass is 16.5. The smallest absolute Gasteiger partial charge is 0.254 e. The normalized spacial score (nSPS) is 11.9. The van der Waals surface area contributed by atoms with Gasteiger partial charge in [-0.2, -0.15) is 0 Å². The molecule has 0 bridgehead atoms. The van der Waals surface area contributed by atoms with Crippen LogP contribution in [0.1, 0.15) is 16.8 Å². The van der Waals surface area contributed by atoms with Crippen molar-refractivity contribution in [3.05, 3.63) is 24.2 Å². The van der Waals surface area contributed by atoms with Gasteiger partial charge in [0.1, 0.15) is 6.26 Å².